The van der Waals surface area contributed by atoms with Crippen molar-refractivity contribution in [2.75, 3.05) is 50.1 Å². The van der Waals surface area contributed by atoms with Gasteiger partial charge in [0, 0.05) is 37.0 Å². The van der Waals surface area contributed by atoms with Crippen LogP contribution in [0.4, 0.5) is 24.5 Å². The molecule has 6 rings (SSSR count). The highest BCUT2D eigenvalue weighted by molar-refractivity contribution is 5.97. The highest BCUT2D eigenvalue weighted by Gasteiger charge is 2.33. The maximum Gasteiger partial charge on any atom is 0.230 e. The number of halogens is 3. The molecule has 1 aromatic heterocycles. The molecule has 3 aliphatic rings. The molecule has 3 aromatic rings. The van der Waals surface area contributed by atoms with Crippen LogP contribution in [0.2, 0.25) is 0 Å². The molecule has 1 saturated carbocycles. The zero-order valence-corrected chi connectivity index (χ0v) is 24.1. The van der Waals surface area contributed by atoms with Gasteiger partial charge in [0.25, 0.3) is 0 Å². The molecule has 10 heteroatoms. The highest BCUT2D eigenvalue weighted by Crippen LogP contribution is 2.40. The van der Waals surface area contributed by atoms with E-state index in [2.05, 4.69) is 33.9 Å². The third-order valence-electron chi connectivity index (χ3n) is 8.82. The molecule has 0 radical (unpaired) electrons. The summed E-state index contributed by atoms with van der Waals surface area (Å²) in [5.74, 6) is -1.59. The highest BCUT2D eigenvalue weighted by atomic mass is 19.1. The third kappa shape index (κ3) is 5.69. The molecule has 7 nitrogen and oxygen atoms in total. The van der Waals surface area contributed by atoms with Crippen molar-refractivity contribution in [1.29, 1.82) is 0 Å². The fourth-order valence-corrected chi connectivity index (χ4v) is 6.45. The van der Waals surface area contributed by atoms with Gasteiger partial charge in [0.05, 0.1) is 24.1 Å². The fraction of sp³-hybridized carbons (Fsp3) is 0.469. The molecule has 2 aromatic carbocycles. The number of nitrogens with zero attached hydrogens (tertiary/aromatic N) is 5. The normalized spacial score (nSPS) is 18.0. The molecule has 3 heterocycles. The van der Waals surface area contributed by atoms with Crippen LogP contribution in [0.25, 0.3) is 11.3 Å². The molecule has 0 bridgehead atoms. The summed E-state index contributed by atoms with van der Waals surface area (Å²) in [5.41, 5.74) is 1.61. The Morgan fingerprint density at radius 1 is 0.952 bits per heavy atom. The molecule has 42 heavy (non-hydrogen) atoms. The van der Waals surface area contributed by atoms with E-state index in [1.54, 1.807) is 17.0 Å². The number of rotatable bonds is 6. The molecule has 1 saturated heterocycles. The van der Waals surface area contributed by atoms with Gasteiger partial charge in [-0.3, -0.25) is 4.79 Å². The molecular weight excluding hydrogens is 543 g/mol. The van der Waals surface area contributed by atoms with E-state index in [-0.39, 0.29) is 53.5 Å². The molecule has 0 atom stereocenters. The predicted octanol–water partition coefficient (Wildman–Crippen LogP) is 5.60. The van der Waals surface area contributed by atoms with Crippen LogP contribution in [0, 0.1) is 23.4 Å². The number of anilines is 2. The molecule has 222 valence electrons. The van der Waals surface area contributed by atoms with Gasteiger partial charge in [-0.25, -0.2) is 23.1 Å². The summed E-state index contributed by atoms with van der Waals surface area (Å²) in [6.45, 7) is 2.07. The van der Waals surface area contributed by atoms with Crippen LogP contribution in [0.1, 0.15) is 49.9 Å². The minimum absolute atomic E-state index is 0.00691. The zero-order valence-electron chi connectivity index (χ0n) is 24.1. The molecule has 1 amide bonds. The lowest BCUT2D eigenvalue weighted by Crippen LogP contribution is -2.42. The first-order valence-corrected chi connectivity index (χ1v) is 14.8. The fourth-order valence-electron chi connectivity index (χ4n) is 6.45. The maximum absolute atomic E-state index is 15.2. The average Bonchev–Trinajstić information content (AvgIpc) is 3.53. The molecule has 2 fully saturated rings. The first-order chi connectivity index (χ1) is 20.3. The van der Waals surface area contributed by atoms with E-state index in [9.17, 15) is 4.79 Å². The first kappa shape index (κ1) is 28.5. The number of hydrogen-bond donors (Lipinski definition) is 0. The largest absolute Gasteiger partial charge is 0.486 e. The second-order valence-corrected chi connectivity index (χ2v) is 11.8. The van der Waals surface area contributed by atoms with Crippen molar-refractivity contribution >= 4 is 17.3 Å². The van der Waals surface area contributed by atoms with Crippen molar-refractivity contribution < 1.29 is 22.7 Å². The topological polar surface area (TPSA) is 61.8 Å². The predicted molar refractivity (Wildman–Crippen MR) is 155 cm³/mol. The summed E-state index contributed by atoms with van der Waals surface area (Å²) >= 11 is 0. The van der Waals surface area contributed by atoms with E-state index >= 15 is 13.2 Å². The van der Waals surface area contributed by atoms with Crippen LogP contribution in [-0.4, -0.2) is 67.2 Å². The lowest BCUT2D eigenvalue weighted by atomic mass is 10.0. The van der Waals surface area contributed by atoms with Crippen molar-refractivity contribution in [3.05, 3.63) is 65.4 Å². The number of carbonyl (C=O) groups excluding carboxylic acids is 1. The zero-order chi connectivity index (χ0) is 29.4. The lowest BCUT2D eigenvalue weighted by Gasteiger charge is -2.36. The minimum Gasteiger partial charge on any atom is -0.486 e. The number of benzene rings is 2. The number of ether oxygens (including phenoxy) is 1. The summed E-state index contributed by atoms with van der Waals surface area (Å²) in [4.78, 5) is 27.6. The second-order valence-electron chi connectivity index (χ2n) is 11.8. The number of fused-ring (bicyclic) bond motifs is 1. The van der Waals surface area contributed by atoms with Crippen LogP contribution < -0.4 is 14.5 Å². The first-order valence-electron chi connectivity index (χ1n) is 14.8. The summed E-state index contributed by atoms with van der Waals surface area (Å²) < 4.78 is 51.0. The Bertz CT molecular complexity index is 1470. The Morgan fingerprint density at radius 2 is 1.71 bits per heavy atom. The van der Waals surface area contributed by atoms with E-state index in [0.29, 0.717) is 29.5 Å². The van der Waals surface area contributed by atoms with Gasteiger partial charge in [0.15, 0.2) is 17.4 Å². The minimum atomic E-state index is -0.717. The van der Waals surface area contributed by atoms with Crippen molar-refractivity contribution in [1.82, 2.24) is 14.9 Å². The molecule has 1 aliphatic carbocycles. The number of piperidine rings is 1. The van der Waals surface area contributed by atoms with Gasteiger partial charge in [-0.1, -0.05) is 18.9 Å². The van der Waals surface area contributed by atoms with Crippen LogP contribution in [-0.2, 0) is 11.2 Å². The van der Waals surface area contributed by atoms with Crippen LogP contribution in [0.3, 0.4) is 0 Å². The number of carbonyl (C=O) groups is 1. The van der Waals surface area contributed by atoms with Crippen LogP contribution >= 0.6 is 0 Å². The second kappa shape index (κ2) is 11.9. The molecule has 0 N–H and O–H groups in total. The number of aromatic nitrogens is 2. The Morgan fingerprint density at radius 3 is 2.43 bits per heavy atom. The Kier molecular flexibility index (Phi) is 8.07. The third-order valence-corrected chi connectivity index (χ3v) is 8.82. The summed E-state index contributed by atoms with van der Waals surface area (Å²) in [6.07, 6.45) is 6.80. The van der Waals surface area contributed by atoms with Crippen LogP contribution in [0.5, 0.6) is 5.75 Å². The lowest BCUT2D eigenvalue weighted by molar-refractivity contribution is -0.122. The van der Waals surface area contributed by atoms with Gasteiger partial charge in [0.2, 0.25) is 5.91 Å². The molecule has 0 spiro atoms. The number of hydrogen-bond acceptors (Lipinski definition) is 6. The average molecular weight is 580 g/mol. The standard InChI is InChI=1S/C32H36F3N5O2/c1-38(2)23-9-11-39(12-10-23)27-8-7-20(15-24(27)33)16-29-36-19-26(35)30(37-29)22-17-25(34)31-28(18-22)40(13-14-42-31)32(41)21-5-3-4-6-21/h7-8,15,17-19,21,23H,3-6,9-14,16H2,1-2H3. The van der Waals surface area contributed by atoms with Gasteiger partial charge in [0.1, 0.15) is 23.9 Å². The SMILES string of the molecule is CN(C)C1CCN(c2ccc(Cc3ncc(F)c(-c4cc(F)c5c(c4)N(C(=O)C4CCCC4)CCO5)n3)cc2F)CC1. The Hall–Kier alpha value is -3.66. The van der Waals surface area contributed by atoms with E-state index in [1.807, 2.05) is 6.07 Å². The van der Waals surface area contributed by atoms with Gasteiger partial charge in [-0.05, 0) is 69.6 Å². The van der Waals surface area contributed by atoms with E-state index in [1.165, 1.54) is 12.1 Å². The summed E-state index contributed by atoms with van der Waals surface area (Å²) in [7, 11) is 4.14. The van der Waals surface area contributed by atoms with Crippen LogP contribution in [0.15, 0.2) is 36.5 Å². The molecule has 2 aliphatic heterocycles. The van der Waals surface area contributed by atoms with Crippen molar-refractivity contribution in [2.24, 2.45) is 5.92 Å². The van der Waals surface area contributed by atoms with Gasteiger partial charge < -0.3 is 19.4 Å². The van der Waals surface area contributed by atoms with E-state index in [4.69, 9.17) is 4.74 Å². The summed E-state index contributed by atoms with van der Waals surface area (Å²) in [5, 5.41) is 0. The Labute approximate surface area is 244 Å². The Balaban J connectivity index is 1.23. The van der Waals surface area contributed by atoms with Crippen molar-refractivity contribution in [2.45, 2.75) is 51.0 Å². The summed E-state index contributed by atoms with van der Waals surface area (Å²) in [6, 6.07) is 8.33. The molecule has 0 unspecified atom stereocenters. The maximum atomic E-state index is 15.2. The number of amides is 1. The quantitative estimate of drug-likeness (QED) is 0.379. The van der Waals surface area contributed by atoms with Crippen molar-refractivity contribution in [3.63, 3.8) is 0 Å². The van der Waals surface area contributed by atoms with E-state index < -0.39 is 11.6 Å². The van der Waals surface area contributed by atoms with Gasteiger partial charge in [-0.2, -0.15) is 0 Å². The monoisotopic (exact) mass is 579 g/mol. The smallest absolute Gasteiger partial charge is 0.230 e. The molecular formula is C32H36F3N5O2. The van der Waals surface area contributed by atoms with Crippen molar-refractivity contribution in [3.8, 4) is 17.0 Å². The van der Waals surface area contributed by atoms with Gasteiger partial charge >= 0.3 is 0 Å². The van der Waals surface area contributed by atoms with Gasteiger partial charge in [-0.15, -0.1) is 0 Å². The van der Waals surface area contributed by atoms with E-state index in [0.717, 1.165) is 57.8 Å².